The largest absolute Gasteiger partial charge is 0.416 e. The lowest BCUT2D eigenvalue weighted by Crippen LogP contribution is -2.41. The fourth-order valence-electron chi connectivity index (χ4n) is 2.50. The third kappa shape index (κ3) is 4.15. The molecule has 0 spiro atoms. The predicted molar refractivity (Wildman–Crippen MR) is 77.1 cm³/mol. The van der Waals surface area contributed by atoms with E-state index in [1.165, 1.54) is 23.9 Å². The van der Waals surface area contributed by atoms with Crippen molar-refractivity contribution in [1.29, 1.82) is 0 Å². The number of nitrogens with one attached hydrogen (secondary N) is 1. The molecule has 0 radical (unpaired) electrons. The highest BCUT2D eigenvalue weighted by Gasteiger charge is 2.35. The van der Waals surface area contributed by atoms with Crippen molar-refractivity contribution in [2.75, 3.05) is 6.54 Å². The summed E-state index contributed by atoms with van der Waals surface area (Å²) >= 11 is 1.40. The molecule has 21 heavy (non-hydrogen) atoms. The summed E-state index contributed by atoms with van der Waals surface area (Å²) in [5.74, 6) is 0.176. The minimum Gasteiger partial charge on any atom is -0.356 e. The maximum Gasteiger partial charge on any atom is 0.416 e. The monoisotopic (exact) mass is 317 g/mol. The van der Waals surface area contributed by atoms with Gasteiger partial charge in [0.1, 0.15) is 0 Å². The Morgan fingerprint density at radius 2 is 2.00 bits per heavy atom. The van der Waals surface area contributed by atoms with Gasteiger partial charge in [-0.2, -0.15) is 13.2 Å². The van der Waals surface area contributed by atoms with Crippen LogP contribution in [0.2, 0.25) is 0 Å². The van der Waals surface area contributed by atoms with Gasteiger partial charge in [-0.05, 0) is 30.5 Å². The van der Waals surface area contributed by atoms with E-state index in [0.29, 0.717) is 17.9 Å². The summed E-state index contributed by atoms with van der Waals surface area (Å²) in [5, 5.41) is 2.78. The molecule has 1 aliphatic heterocycles. The van der Waals surface area contributed by atoms with Crippen LogP contribution in [0, 0.1) is 5.92 Å². The van der Waals surface area contributed by atoms with Crippen LogP contribution in [0.15, 0.2) is 29.2 Å². The van der Waals surface area contributed by atoms with Crippen LogP contribution in [-0.2, 0) is 11.0 Å². The lowest BCUT2D eigenvalue weighted by atomic mass is 9.86. The Morgan fingerprint density at radius 1 is 1.29 bits per heavy atom. The molecular weight excluding hydrogens is 299 g/mol. The molecule has 0 aliphatic carbocycles. The minimum atomic E-state index is -4.33. The van der Waals surface area contributed by atoms with Gasteiger partial charge in [-0.3, -0.25) is 4.79 Å². The molecule has 2 rings (SSSR count). The summed E-state index contributed by atoms with van der Waals surface area (Å²) in [6.07, 6.45) is -3.05. The lowest BCUT2D eigenvalue weighted by Gasteiger charge is -2.36. The van der Waals surface area contributed by atoms with Crippen molar-refractivity contribution in [2.24, 2.45) is 5.92 Å². The van der Waals surface area contributed by atoms with Crippen molar-refractivity contribution in [3.8, 4) is 0 Å². The third-order valence-corrected chi connectivity index (χ3v) is 5.12. The van der Waals surface area contributed by atoms with Gasteiger partial charge < -0.3 is 5.32 Å². The average Bonchev–Trinajstić information content (AvgIpc) is 2.37. The van der Waals surface area contributed by atoms with Crippen LogP contribution < -0.4 is 5.32 Å². The Hall–Kier alpha value is -1.17. The Bertz CT molecular complexity index is 528. The maximum atomic E-state index is 12.7. The highest BCUT2D eigenvalue weighted by atomic mass is 32.2. The number of carbonyl (C=O) groups excluding carboxylic acids is 1. The van der Waals surface area contributed by atoms with Gasteiger partial charge in [0.15, 0.2) is 0 Å². The number of halogens is 3. The van der Waals surface area contributed by atoms with Crippen LogP contribution in [0.3, 0.4) is 0 Å². The molecule has 1 atom stereocenters. The summed E-state index contributed by atoms with van der Waals surface area (Å²) in [7, 11) is 0. The third-order valence-electron chi connectivity index (χ3n) is 3.77. The topological polar surface area (TPSA) is 29.1 Å². The van der Waals surface area contributed by atoms with Gasteiger partial charge >= 0.3 is 6.18 Å². The van der Waals surface area contributed by atoms with Gasteiger partial charge in [0.25, 0.3) is 0 Å². The molecule has 1 fully saturated rings. The normalized spacial score (nSPS) is 20.2. The van der Waals surface area contributed by atoms with Gasteiger partial charge in [0.2, 0.25) is 5.91 Å². The number of thioether (sulfide) groups is 1. The van der Waals surface area contributed by atoms with Crippen LogP contribution in [0.4, 0.5) is 13.2 Å². The molecule has 1 saturated heterocycles. The first-order valence-corrected chi connectivity index (χ1v) is 7.63. The summed E-state index contributed by atoms with van der Waals surface area (Å²) < 4.78 is 37.9. The zero-order chi connectivity index (χ0) is 15.7. The lowest BCUT2D eigenvalue weighted by molar-refractivity contribution is -0.137. The van der Waals surface area contributed by atoms with Gasteiger partial charge in [0.05, 0.1) is 5.56 Å². The van der Waals surface area contributed by atoms with Crippen LogP contribution >= 0.6 is 11.8 Å². The molecular formula is C15H18F3NOS. The fraction of sp³-hybridized carbons (Fsp3) is 0.533. The zero-order valence-electron chi connectivity index (χ0n) is 12.0. The first kappa shape index (κ1) is 16.2. The molecule has 1 aromatic carbocycles. The second-order valence-corrected chi connectivity index (χ2v) is 7.50. The molecule has 0 aromatic heterocycles. The molecule has 0 saturated carbocycles. The summed E-state index contributed by atoms with van der Waals surface area (Å²) in [6, 6.07) is 5.36. The van der Waals surface area contributed by atoms with Crippen molar-refractivity contribution in [2.45, 2.75) is 42.5 Å². The number of alkyl halides is 3. The molecule has 1 aromatic rings. The second kappa shape index (κ2) is 5.91. The van der Waals surface area contributed by atoms with Crippen LogP contribution in [0.5, 0.6) is 0 Å². The molecule has 0 unspecified atom stereocenters. The number of benzene rings is 1. The standard InChI is InChI=1S/C15H18F3NOS/c1-14(2,10-6-7-19-13(20)9-10)21-12-5-3-4-11(8-12)15(16,17)18/h3-5,8,10H,6-7,9H2,1-2H3,(H,19,20)/t10-/m1/s1. The molecule has 1 N–H and O–H groups in total. The highest BCUT2D eigenvalue weighted by Crippen LogP contribution is 2.43. The number of amides is 1. The van der Waals surface area contributed by atoms with Crippen molar-refractivity contribution >= 4 is 17.7 Å². The highest BCUT2D eigenvalue weighted by molar-refractivity contribution is 8.00. The molecule has 116 valence electrons. The number of hydrogen-bond donors (Lipinski definition) is 1. The second-order valence-electron chi connectivity index (χ2n) is 5.77. The van der Waals surface area contributed by atoms with E-state index in [4.69, 9.17) is 0 Å². The van der Waals surface area contributed by atoms with Gasteiger partial charge in [0, 0.05) is 22.6 Å². The Labute approximate surface area is 126 Å². The van der Waals surface area contributed by atoms with Crippen LogP contribution in [-0.4, -0.2) is 17.2 Å². The average molecular weight is 317 g/mol. The fourth-order valence-corrected chi connectivity index (χ4v) is 3.81. The van der Waals surface area contributed by atoms with E-state index >= 15 is 0 Å². The van der Waals surface area contributed by atoms with E-state index in [-0.39, 0.29) is 16.6 Å². The van der Waals surface area contributed by atoms with Crippen LogP contribution in [0.25, 0.3) is 0 Å². The Kier molecular flexibility index (Phi) is 4.56. The van der Waals surface area contributed by atoms with Gasteiger partial charge in [-0.1, -0.05) is 19.9 Å². The van der Waals surface area contributed by atoms with Crippen molar-refractivity contribution in [1.82, 2.24) is 5.32 Å². The van der Waals surface area contributed by atoms with Gasteiger partial charge in [-0.25, -0.2) is 0 Å². The zero-order valence-corrected chi connectivity index (χ0v) is 12.8. The number of rotatable bonds is 3. The molecule has 1 aliphatic rings. The Morgan fingerprint density at radius 3 is 2.62 bits per heavy atom. The quantitative estimate of drug-likeness (QED) is 0.850. The number of hydrogen-bond acceptors (Lipinski definition) is 2. The molecule has 6 heteroatoms. The summed E-state index contributed by atoms with van der Waals surface area (Å²) in [5.41, 5.74) is -0.635. The SMILES string of the molecule is CC(C)(Sc1cccc(C(F)(F)F)c1)[C@@H]1CCNC(=O)C1. The summed E-state index contributed by atoms with van der Waals surface area (Å²) in [4.78, 5) is 12.1. The predicted octanol–water partition coefficient (Wildman–Crippen LogP) is 4.10. The first-order valence-electron chi connectivity index (χ1n) is 6.81. The smallest absolute Gasteiger partial charge is 0.356 e. The number of carbonyl (C=O) groups is 1. The molecule has 1 amide bonds. The minimum absolute atomic E-state index is 0.0176. The molecule has 0 bridgehead atoms. The van der Waals surface area contributed by atoms with E-state index in [0.717, 1.165) is 12.5 Å². The van der Waals surface area contributed by atoms with Crippen molar-refractivity contribution in [3.63, 3.8) is 0 Å². The van der Waals surface area contributed by atoms with E-state index in [2.05, 4.69) is 5.32 Å². The maximum absolute atomic E-state index is 12.7. The van der Waals surface area contributed by atoms with Crippen molar-refractivity contribution in [3.05, 3.63) is 29.8 Å². The van der Waals surface area contributed by atoms with E-state index in [9.17, 15) is 18.0 Å². The van der Waals surface area contributed by atoms with Gasteiger partial charge in [-0.15, -0.1) is 11.8 Å². The van der Waals surface area contributed by atoms with Crippen molar-refractivity contribution < 1.29 is 18.0 Å². The van der Waals surface area contributed by atoms with Crippen LogP contribution in [0.1, 0.15) is 32.3 Å². The number of piperidine rings is 1. The molecule has 1 heterocycles. The summed E-state index contributed by atoms with van der Waals surface area (Å²) in [6.45, 7) is 4.61. The van der Waals surface area contributed by atoms with E-state index < -0.39 is 11.7 Å². The molecule has 2 nitrogen and oxygen atoms in total. The first-order chi connectivity index (χ1) is 9.68. The van der Waals surface area contributed by atoms with E-state index in [1.807, 2.05) is 13.8 Å². The van der Waals surface area contributed by atoms with E-state index in [1.54, 1.807) is 6.07 Å². The Balaban J connectivity index is 2.14.